The van der Waals surface area contributed by atoms with Gasteiger partial charge in [0.15, 0.2) is 0 Å². The second-order valence-corrected chi connectivity index (χ2v) is 7.98. The number of aromatic hydroxyl groups is 1. The van der Waals surface area contributed by atoms with Crippen molar-refractivity contribution >= 4 is 0 Å². The molecule has 0 spiro atoms. The predicted octanol–water partition coefficient (Wildman–Crippen LogP) is 4.17. The molecule has 1 N–H and O–H groups in total. The molecule has 3 heterocycles. The molecule has 0 atom stereocenters. The van der Waals surface area contributed by atoms with Gasteiger partial charge in [-0.15, -0.1) is 6.20 Å². The minimum absolute atomic E-state index is 0. The average Bonchev–Trinajstić information content (AvgIpc) is 3.44. The van der Waals surface area contributed by atoms with Gasteiger partial charge in [-0.3, -0.25) is 9.36 Å². The minimum atomic E-state index is -0.267. The number of hydrogen-bond donors (Lipinski definition) is 1. The molecule has 162 valence electrons. The van der Waals surface area contributed by atoms with Crippen molar-refractivity contribution in [3.8, 4) is 5.75 Å². The van der Waals surface area contributed by atoms with E-state index in [1.807, 2.05) is 40.0 Å². The monoisotopic (exact) mass is 585 g/mol. The number of para-hydroxylation sites is 1. The van der Waals surface area contributed by atoms with Crippen LogP contribution in [-0.4, -0.2) is 29.2 Å². The topological polar surface area (TPSA) is 60.8 Å². The van der Waals surface area contributed by atoms with Crippen LogP contribution in [0.5, 0.6) is 5.75 Å². The van der Waals surface area contributed by atoms with E-state index < -0.39 is 0 Å². The van der Waals surface area contributed by atoms with Gasteiger partial charge in [0, 0.05) is 45.9 Å². The fraction of sp³-hybridized carbons (Fsp3) is 0.304. The minimum Gasteiger partial charge on any atom is -0.508 e. The third kappa shape index (κ3) is 4.93. The number of aromatic nitrogens is 5. The van der Waals surface area contributed by atoms with E-state index in [4.69, 9.17) is 5.11 Å². The molecule has 0 saturated heterocycles. The molecule has 0 radical (unpaired) electrons. The first-order valence-electron chi connectivity index (χ1n) is 9.57. The Morgan fingerprint density at radius 2 is 1.37 bits per heavy atom. The van der Waals surface area contributed by atoms with Gasteiger partial charge in [0.05, 0.1) is 11.1 Å². The van der Waals surface area contributed by atoms with Crippen molar-refractivity contribution in [3.63, 3.8) is 0 Å². The number of benzene rings is 1. The zero-order valence-corrected chi connectivity index (χ0v) is 20.2. The van der Waals surface area contributed by atoms with Crippen LogP contribution in [0.4, 0.5) is 0 Å². The van der Waals surface area contributed by atoms with Gasteiger partial charge in [-0.25, -0.2) is 6.07 Å². The third-order valence-corrected chi connectivity index (χ3v) is 5.08. The number of nitrogens with zero attached hydrogens (tertiary/aromatic N) is 5. The fourth-order valence-electron chi connectivity index (χ4n) is 3.26. The first-order valence-corrected chi connectivity index (χ1v) is 9.57. The Morgan fingerprint density at radius 3 is 1.80 bits per heavy atom. The van der Waals surface area contributed by atoms with Crippen LogP contribution < -0.4 is 0 Å². The van der Waals surface area contributed by atoms with Gasteiger partial charge in [-0.1, -0.05) is 23.9 Å². The first kappa shape index (κ1) is 23.7. The summed E-state index contributed by atoms with van der Waals surface area (Å²) in [4.78, 5) is 0. The molecule has 0 fully saturated rings. The van der Waals surface area contributed by atoms with Crippen LogP contribution in [0.25, 0.3) is 0 Å². The molecule has 0 aliphatic rings. The summed E-state index contributed by atoms with van der Waals surface area (Å²) >= 11 is 0. The summed E-state index contributed by atoms with van der Waals surface area (Å²) in [6, 6.07) is 16.2. The summed E-state index contributed by atoms with van der Waals surface area (Å²) in [7, 11) is 2.06. The van der Waals surface area contributed by atoms with Crippen LogP contribution in [0, 0.1) is 6.07 Å². The van der Waals surface area contributed by atoms with Gasteiger partial charge < -0.3 is 9.67 Å². The number of aryl methyl sites for hydroxylation is 1. The number of phenolic OH excluding ortho intramolecular Hbond substituents is 1. The molecule has 1 aromatic carbocycles. The number of hydrogen-bond acceptors (Lipinski definition) is 3. The molecule has 4 rings (SSSR count). The van der Waals surface area contributed by atoms with E-state index in [1.54, 1.807) is 36.7 Å². The van der Waals surface area contributed by atoms with Gasteiger partial charge in [0.25, 0.3) is 0 Å². The molecular weight excluding hydrogens is 557 g/mol. The van der Waals surface area contributed by atoms with Crippen LogP contribution in [-0.2, 0) is 39.2 Å². The molecule has 4 aromatic rings. The zero-order valence-electron chi connectivity index (χ0n) is 17.9. The van der Waals surface area contributed by atoms with E-state index in [-0.39, 0.29) is 32.1 Å². The molecule has 30 heavy (non-hydrogen) atoms. The van der Waals surface area contributed by atoms with Crippen LogP contribution in [0.2, 0.25) is 0 Å². The van der Waals surface area contributed by atoms with Crippen molar-refractivity contribution in [1.29, 1.82) is 0 Å². The van der Waals surface area contributed by atoms with Crippen molar-refractivity contribution in [2.24, 2.45) is 7.05 Å². The molecule has 0 aliphatic carbocycles. The summed E-state index contributed by atoms with van der Waals surface area (Å²) < 4.78 is 6.05. The van der Waals surface area contributed by atoms with Crippen molar-refractivity contribution in [2.45, 2.75) is 38.8 Å². The summed E-state index contributed by atoms with van der Waals surface area (Å²) in [6.07, 6.45) is 9.71. The molecule has 0 saturated carbocycles. The maximum Gasteiger partial charge on any atom is 0.115 e. The predicted molar refractivity (Wildman–Crippen MR) is 114 cm³/mol. The van der Waals surface area contributed by atoms with Gasteiger partial charge in [0.2, 0.25) is 0 Å². The molecule has 0 bridgehead atoms. The summed E-state index contributed by atoms with van der Waals surface area (Å²) in [5.74, 6) is 0.322. The first-order chi connectivity index (χ1) is 13.7. The summed E-state index contributed by atoms with van der Waals surface area (Å²) in [5, 5.41) is 17.4. The molecule has 0 unspecified atom stereocenters. The summed E-state index contributed by atoms with van der Waals surface area (Å²) in [5.41, 5.74) is 1.68. The summed E-state index contributed by atoms with van der Waals surface area (Å²) in [6.45, 7) is 8.60. The van der Waals surface area contributed by atoms with E-state index in [2.05, 4.69) is 61.8 Å². The SMILES string of the molecule is Cn1cc(C(C)(C)n2cccn2)[c-]c1C(C)(C)n1cccn1.Oc1ccccc1.[Pt]. The quantitative estimate of drug-likeness (QED) is 0.366. The Bertz CT molecular complexity index is 1020. The van der Waals surface area contributed by atoms with E-state index in [0.29, 0.717) is 5.75 Å². The smallest absolute Gasteiger partial charge is 0.115 e. The average molecular weight is 586 g/mol. The van der Waals surface area contributed by atoms with Crippen molar-refractivity contribution in [3.05, 3.63) is 90.8 Å². The zero-order chi connectivity index (χ0) is 21.1. The molecule has 3 aromatic heterocycles. The second-order valence-electron chi connectivity index (χ2n) is 7.98. The largest absolute Gasteiger partial charge is 0.508 e. The van der Waals surface area contributed by atoms with Crippen molar-refractivity contribution in [2.75, 3.05) is 0 Å². The van der Waals surface area contributed by atoms with E-state index >= 15 is 0 Å². The second kappa shape index (κ2) is 9.48. The fourth-order valence-corrected chi connectivity index (χ4v) is 3.26. The van der Waals surface area contributed by atoms with Crippen molar-refractivity contribution in [1.82, 2.24) is 24.1 Å². The van der Waals surface area contributed by atoms with Gasteiger partial charge in [0.1, 0.15) is 5.75 Å². The number of phenols is 1. The Morgan fingerprint density at radius 1 is 0.833 bits per heavy atom. The van der Waals surface area contributed by atoms with Gasteiger partial charge >= 0.3 is 0 Å². The molecule has 0 aliphatic heterocycles. The molecule has 6 nitrogen and oxygen atoms in total. The molecule has 0 amide bonds. The van der Waals surface area contributed by atoms with E-state index in [9.17, 15) is 0 Å². The van der Waals surface area contributed by atoms with Crippen LogP contribution in [0.3, 0.4) is 0 Å². The van der Waals surface area contributed by atoms with E-state index in [0.717, 1.165) is 11.3 Å². The van der Waals surface area contributed by atoms with Gasteiger partial charge in [-0.05, 0) is 59.0 Å². The Hall–Kier alpha value is -2.59. The standard InChI is InChI=1S/C17H22N5.C6H6O.Pt/c1-16(2,21-10-6-8-18-21)14-12-15(20(5)13-14)17(3,4)22-11-7-9-19-22;7-6-4-2-1-3-5-6;/h6-11,13H,1-5H3;1-5,7H;/q-1;;. The van der Waals surface area contributed by atoms with E-state index in [1.165, 1.54) is 0 Å². The van der Waals surface area contributed by atoms with Crippen molar-refractivity contribution < 1.29 is 26.2 Å². The molecular formula is C23H28N5OPt-. The normalized spacial score (nSPS) is 11.4. The Kier molecular flexibility index (Phi) is 7.48. The maximum atomic E-state index is 8.63. The van der Waals surface area contributed by atoms with Gasteiger partial charge in [-0.2, -0.15) is 15.8 Å². The third-order valence-electron chi connectivity index (χ3n) is 5.08. The van der Waals surface area contributed by atoms with Crippen LogP contribution in [0.15, 0.2) is 73.4 Å². The molecule has 7 heteroatoms. The van der Waals surface area contributed by atoms with Crippen LogP contribution in [0.1, 0.15) is 39.0 Å². The number of rotatable bonds is 4. The Labute approximate surface area is 192 Å². The van der Waals surface area contributed by atoms with Crippen LogP contribution >= 0.6 is 0 Å². The Balaban J connectivity index is 0.000000341. The maximum absolute atomic E-state index is 8.63.